The molecule has 1 saturated heterocycles. The fourth-order valence-electron chi connectivity index (χ4n) is 6.01. The summed E-state index contributed by atoms with van der Waals surface area (Å²) < 4.78 is 18.2. The van der Waals surface area contributed by atoms with Crippen LogP contribution in [0.4, 0.5) is 4.79 Å². The number of nitrogens with zero attached hydrogens (tertiary/aromatic N) is 3. The van der Waals surface area contributed by atoms with Gasteiger partial charge in [-0.3, -0.25) is 14.0 Å². The smallest absolute Gasteiger partial charge is 0.431 e. The quantitative estimate of drug-likeness (QED) is 0.255. The Bertz CT molecular complexity index is 1370. The second-order valence-corrected chi connectivity index (χ2v) is 11.9. The summed E-state index contributed by atoms with van der Waals surface area (Å²) in [6.07, 6.45) is 5.11. The molecule has 2 aliphatic heterocycles. The molecule has 0 radical (unpaired) electrons. The molecule has 1 saturated carbocycles. The molecule has 5 rings (SSSR count). The number of carbonyl (C=O) groups is 4. The van der Waals surface area contributed by atoms with Gasteiger partial charge in [0.25, 0.3) is 6.29 Å². The predicted molar refractivity (Wildman–Crippen MR) is 147 cm³/mol. The summed E-state index contributed by atoms with van der Waals surface area (Å²) in [6, 6.07) is -0.421. The van der Waals surface area contributed by atoms with Crippen LogP contribution in [0.25, 0.3) is 10.4 Å². The maximum Gasteiger partial charge on any atom is 0.511 e. The highest BCUT2D eigenvalue weighted by Gasteiger charge is 2.60. The van der Waals surface area contributed by atoms with Crippen molar-refractivity contribution in [3.63, 3.8) is 0 Å². The van der Waals surface area contributed by atoms with Crippen molar-refractivity contribution in [2.45, 2.75) is 97.3 Å². The molecule has 2 aromatic heterocycles. The molecule has 1 unspecified atom stereocenters. The lowest BCUT2D eigenvalue weighted by atomic mass is 9.77. The van der Waals surface area contributed by atoms with Gasteiger partial charge in [-0.25, -0.2) is 14.6 Å². The number of carbonyl (C=O) groups excluding carboxylic acids is 4. The lowest BCUT2D eigenvalue weighted by Gasteiger charge is -2.46. The van der Waals surface area contributed by atoms with Gasteiger partial charge in [0.1, 0.15) is 23.0 Å². The van der Waals surface area contributed by atoms with Crippen LogP contribution in [0.3, 0.4) is 0 Å². The van der Waals surface area contributed by atoms with Crippen LogP contribution < -0.4 is 5.32 Å². The number of amides is 2. The first-order valence-corrected chi connectivity index (χ1v) is 15.0. The van der Waals surface area contributed by atoms with Gasteiger partial charge in [0.2, 0.25) is 11.8 Å². The van der Waals surface area contributed by atoms with E-state index >= 15 is 0 Å². The van der Waals surface area contributed by atoms with Gasteiger partial charge in [-0.05, 0) is 32.6 Å². The number of rotatable bonds is 9. The molecule has 0 spiro atoms. The number of aromatic nitrogens is 2. The highest BCUT2D eigenvalue weighted by molar-refractivity contribution is 7.18. The minimum atomic E-state index is -1.20. The van der Waals surface area contributed by atoms with E-state index in [0.717, 1.165) is 41.8 Å². The molecule has 2 aromatic rings. The molecule has 2 N–H and O–H groups in total. The number of thiazole rings is 1. The second-order valence-electron chi connectivity index (χ2n) is 10.9. The van der Waals surface area contributed by atoms with E-state index in [1.807, 2.05) is 17.5 Å². The van der Waals surface area contributed by atoms with Crippen LogP contribution in [0.2, 0.25) is 0 Å². The van der Waals surface area contributed by atoms with E-state index in [9.17, 15) is 24.3 Å². The Morgan fingerprint density at radius 1 is 1.22 bits per heavy atom. The van der Waals surface area contributed by atoms with Crippen molar-refractivity contribution < 1.29 is 38.5 Å². The van der Waals surface area contributed by atoms with Gasteiger partial charge in [-0.2, -0.15) is 0 Å². The van der Waals surface area contributed by atoms with Crippen LogP contribution in [0.1, 0.15) is 76.8 Å². The van der Waals surface area contributed by atoms with Crippen LogP contribution in [-0.4, -0.2) is 67.9 Å². The maximum atomic E-state index is 13.7. The molecule has 41 heavy (non-hydrogen) atoms. The highest BCUT2D eigenvalue weighted by Crippen LogP contribution is 2.52. The van der Waals surface area contributed by atoms with E-state index < -0.39 is 36.5 Å². The Morgan fingerprint density at radius 3 is 2.61 bits per heavy atom. The average Bonchev–Trinajstić information content (AvgIpc) is 3.57. The van der Waals surface area contributed by atoms with Gasteiger partial charge in [0, 0.05) is 31.0 Å². The summed E-state index contributed by atoms with van der Waals surface area (Å²) in [5, 5.41) is 13.1. The Labute approximate surface area is 241 Å². The first-order chi connectivity index (χ1) is 19.6. The molecule has 4 heterocycles. The van der Waals surface area contributed by atoms with Crippen molar-refractivity contribution in [2.24, 2.45) is 11.8 Å². The minimum absolute atomic E-state index is 0.0768. The van der Waals surface area contributed by atoms with Crippen molar-refractivity contribution in [2.75, 3.05) is 0 Å². The summed E-state index contributed by atoms with van der Waals surface area (Å²) in [7, 11) is 0. The molecule has 2 fully saturated rings. The standard InChI is InChI=1S/C28H36N4O8S/c1-5-20(40-28(37)38-17-9-7-6-8-10-17)39-27(36)24-21(14(2)23-22(15(3)33)25(35)32(23)24)19-12-31-13-30-18(26(31)41-19)11-29-16(4)34/h12-15,17,20,22-23,33H,5-11H2,1-4H3,(H,29,34)/t14-,15+,20?,22+,23+/m0/s1. The zero-order valence-electron chi connectivity index (χ0n) is 23.6. The molecule has 1 aliphatic carbocycles. The van der Waals surface area contributed by atoms with E-state index in [-0.39, 0.29) is 42.5 Å². The largest absolute Gasteiger partial charge is 0.511 e. The molecule has 2 amide bonds. The Hall–Kier alpha value is -3.45. The van der Waals surface area contributed by atoms with Gasteiger partial charge in [0.15, 0.2) is 0 Å². The summed E-state index contributed by atoms with van der Waals surface area (Å²) in [4.78, 5) is 58.0. The Balaban J connectivity index is 1.42. The zero-order valence-corrected chi connectivity index (χ0v) is 24.4. The van der Waals surface area contributed by atoms with E-state index in [1.165, 1.54) is 23.2 Å². The Morgan fingerprint density at radius 2 is 1.95 bits per heavy atom. The minimum Gasteiger partial charge on any atom is -0.431 e. The number of aliphatic hydroxyl groups is 1. The first kappa shape index (κ1) is 29.1. The monoisotopic (exact) mass is 588 g/mol. The van der Waals surface area contributed by atoms with E-state index in [0.29, 0.717) is 11.3 Å². The van der Waals surface area contributed by atoms with E-state index in [4.69, 9.17) is 14.2 Å². The van der Waals surface area contributed by atoms with Gasteiger partial charge < -0.3 is 29.5 Å². The molecule has 222 valence electrons. The van der Waals surface area contributed by atoms with Crippen molar-refractivity contribution in [3.05, 3.63) is 28.8 Å². The zero-order chi connectivity index (χ0) is 29.4. The topological polar surface area (TPSA) is 149 Å². The van der Waals surface area contributed by atoms with Crippen LogP contribution in [0.5, 0.6) is 0 Å². The third-order valence-electron chi connectivity index (χ3n) is 8.03. The van der Waals surface area contributed by atoms with Gasteiger partial charge in [-0.1, -0.05) is 20.3 Å². The van der Waals surface area contributed by atoms with Crippen molar-refractivity contribution in [1.82, 2.24) is 19.6 Å². The lowest BCUT2D eigenvalue weighted by Crippen LogP contribution is -2.63. The molecule has 5 atom stereocenters. The molecule has 3 aliphatic rings. The third-order valence-corrected chi connectivity index (χ3v) is 9.22. The fourth-order valence-corrected chi connectivity index (χ4v) is 7.22. The van der Waals surface area contributed by atoms with Gasteiger partial charge in [0.05, 0.1) is 35.2 Å². The third kappa shape index (κ3) is 5.56. The van der Waals surface area contributed by atoms with Crippen molar-refractivity contribution in [1.29, 1.82) is 0 Å². The molecule has 0 aromatic carbocycles. The number of ether oxygens (including phenoxy) is 3. The first-order valence-electron chi connectivity index (χ1n) is 14.1. The van der Waals surface area contributed by atoms with E-state index in [2.05, 4.69) is 10.3 Å². The molecular formula is C28H36N4O8S. The molecular weight excluding hydrogens is 552 g/mol. The van der Waals surface area contributed by atoms with Crippen LogP contribution >= 0.6 is 11.3 Å². The summed E-state index contributed by atoms with van der Waals surface area (Å²) in [6.45, 7) is 6.87. The number of esters is 1. The fraction of sp³-hybridized carbons (Fsp3) is 0.607. The number of fused-ring (bicyclic) bond motifs is 2. The number of hydrogen-bond donors (Lipinski definition) is 2. The molecule has 0 bridgehead atoms. The SMILES string of the molecule is CCC(OC(=O)OC1CCCCC1)OC(=O)C1=C(c2cn3cnc(CNC(C)=O)c3s2)[C@H](C)[C@@H]2[C@@H]([C@@H](C)O)C(=O)N12. The average molecular weight is 589 g/mol. The summed E-state index contributed by atoms with van der Waals surface area (Å²) in [5.41, 5.74) is 1.35. The van der Waals surface area contributed by atoms with E-state index in [1.54, 1.807) is 20.2 Å². The van der Waals surface area contributed by atoms with Crippen LogP contribution in [-0.2, 0) is 35.1 Å². The Kier molecular flexibility index (Phi) is 8.37. The highest BCUT2D eigenvalue weighted by atomic mass is 32.1. The van der Waals surface area contributed by atoms with Gasteiger partial charge >= 0.3 is 12.1 Å². The summed E-state index contributed by atoms with van der Waals surface area (Å²) in [5.74, 6) is -2.28. The van der Waals surface area contributed by atoms with Crippen LogP contribution in [0, 0.1) is 11.8 Å². The number of nitrogens with one attached hydrogen (secondary N) is 1. The van der Waals surface area contributed by atoms with Crippen LogP contribution in [0.15, 0.2) is 18.2 Å². The number of β-lactam (4-membered cyclic amide) rings is 1. The summed E-state index contributed by atoms with van der Waals surface area (Å²) >= 11 is 1.38. The number of imidazole rings is 1. The lowest BCUT2D eigenvalue weighted by molar-refractivity contribution is -0.176. The second kappa shape index (κ2) is 11.8. The number of hydrogen-bond acceptors (Lipinski definition) is 10. The van der Waals surface area contributed by atoms with Crippen molar-refractivity contribution in [3.8, 4) is 0 Å². The van der Waals surface area contributed by atoms with Gasteiger partial charge in [-0.15, -0.1) is 11.3 Å². The van der Waals surface area contributed by atoms with Crippen molar-refractivity contribution >= 4 is 45.7 Å². The molecule has 13 heteroatoms. The predicted octanol–water partition coefficient (Wildman–Crippen LogP) is 3.37. The maximum absolute atomic E-state index is 13.7. The molecule has 12 nitrogen and oxygen atoms in total. The number of aliphatic hydroxyl groups excluding tert-OH is 1. The normalized spacial score (nSPS) is 24.1.